The standard InChI is InChI=1S/C21H18F3N3O2S/c1-13-9-19(15-5-3-4-6-17(15)26-13)30-12-20(28)27-25-11-14-7-8-16(21(22,23)24)18(10-14)29-2/h3-11H,12H2,1-2H3,(H,27,28)/b25-11+. The molecule has 0 fully saturated rings. The molecule has 2 aromatic carbocycles. The number of nitrogens with zero attached hydrogens (tertiary/aromatic N) is 2. The van der Waals surface area contributed by atoms with Crippen LogP contribution in [0.5, 0.6) is 5.75 Å². The number of nitrogens with one attached hydrogen (secondary N) is 1. The van der Waals surface area contributed by atoms with Crippen LogP contribution in [0.2, 0.25) is 0 Å². The fraction of sp³-hybridized carbons (Fsp3) is 0.190. The molecule has 9 heteroatoms. The van der Waals surface area contributed by atoms with Gasteiger partial charge in [-0.3, -0.25) is 9.78 Å². The minimum atomic E-state index is -4.51. The number of carbonyl (C=O) groups excluding carboxylic acids is 1. The molecule has 0 aliphatic carbocycles. The van der Waals surface area contributed by atoms with E-state index in [9.17, 15) is 18.0 Å². The van der Waals surface area contributed by atoms with Crippen LogP contribution < -0.4 is 10.2 Å². The van der Waals surface area contributed by atoms with Crippen LogP contribution in [0.15, 0.2) is 58.5 Å². The second-order valence-corrected chi connectivity index (χ2v) is 7.34. The van der Waals surface area contributed by atoms with Crippen molar-refractivity contribution in [1.29, 1.82) is 0 Å². The van der Waals surface area contributed by atoms with Crippen LogP contribution in [0, 0.1) is 6.92 Å². The van der Waals surface area contributed by atoms with Gasteiger partial charge in [0.25, 0.3) is 0 Å². The van der Waals surface area contributed by atoms with E-state index in [4.69, 9.17) is 4.74 Å². The molecule has 0 radical (unpaired) electrons. The topological polar surface area (TPSA) is 63.6 Å². The van der Waals surface area contributed by atoms with Crippen molar-refractivity contribution < 1.29 is 22.7 Å². The highest BCUT2D eigenvalue weighted by Crippen LogP contribution is 2.36. The highest BCUT2D eigenvalue weighted by atomic mass is 32.2. The molecule has 0 spiro atoms. The van der Waals surface area contributed by atoms with Crippen molar-refractivity contribution in [3.63, 3.8) is 0 Å². The van der Waals surface area contributed by atoms with Gasteiger partial charge >= 0.3 is 6.18 Å². The molecule has 156 valence electrons. The molecular formula is C21H18F3N3O2S. The zero-order valence-electron chi connectivity index (χ0n) is 16.2. The Hall–Kier alpha value is -3.07. The maximum atomic E-state index is 12.9. The number of para-hydroxylation sites is 1. The fourth-order valence-electron chi connectivity index (χ4n) is 2.77. The van der Waals surface area contributed by atoms with E-state index in [0.29, 0.717) is 5.56 Å². The third kappa shape index (κ3) is 5.29. The van der Waals surface area contributed by atoms with Crippen LogP contribution in [0.3, 0.4) is 0 Å². The number of rotatable bonds is 6. The minimum absolute atomic E-state index is 0.126. The Morgan fingerprint density at radius 3 is 2.73 bits per heavy atom. The van der Waals surface area contributed by atoms with Crippen molar-refractivity contribution in [3.8, 4) is 5.75 Å². The van der Waals surface area contributed by atoms with E-state index in [1.165, 1.54) is 30.1 Å². The number of amides is 1. The molecule has 5 nitrogen and oxygen atoms in total. The lowest BCUT2D eigenvalue weighted by Crippen LogP contribution is -2.19. The fourth-order valence-corrected chi connectivity index (χ4v) is 3.70. The summed E-state index contributed by atoms with van der Waals surface area (Å²) in [7, 11) is 1.16. The first-order chi connectivity index (χ1) is 14.3. The van der Waals surface area contributed by atoms with Crippen molar-refractivity contribution >= 4 is 34.8 Å². The first-order valence-electron chi connectivity index (χ1n) is 8.84. The van der Waals surface area contributed by atoms with Crippen molar-refractivity contribution in [1.82, 2.24) is 10.4 Å². The molecule has 30 heavy (non-hydrogen) atoms. The Kier molecular flexibility index (Phi) is 6.61. The molecule has 3 aromatic rings. The van der Waals surface area contributed by atoms with Crippen LogP contribution in [-0.4, -0.2) is 30.0 Å². The average Bonchev–Trinajstić information content (AvgIpc) is 2.71. The van der Waals surface area contributed by atoms with Crippen molar-refractivity contribution in [2.24, 2.45) is 5.10 Å². The Morgan fingerprint density at radius 1 is 1.23 bits per heavy atom. The molecule has 1 N–H and O–H groups in total. The minimum Gasteiger partial charge on any atom is -0.496 e. The van der Waals surface area contributed by atoms with Crippen LogP contribution in [0.4, 0.5) is 13.2 Å². The number of aromatic nitrogens is 1. The number of hydrazone groups is 1. The highest BCUT2D eigenvalue weighted by Gasteiger charge is 2.34. The van der Waals surface area contributed by atoms with Gasteiger partial charge in [-0.15, -0.1) is 11.8 Å². The van der Waals surface area contributed by atoms with Crippen molar-refractivity contribution in [2.45, 2.75) is 18.0 Å². The molecule has 0 saturated heterocycles. The number of hydrogen-bond acceptors (Lipinski definition) is 5. The number of halogens is 3. The number of alkyl halides is 3. The lowest BCUT2D eigenvalue weighted by molar-refractivity contribution is -0.138. The van der Waals surface area contributed by atoms with Crippen LogP contribution in [0.1, 0.15) is 16.8 Å². The summed E-state index contributed by atoms with van der Waals surface area (Å²) >= 11 is 1.36. The zero-order valence-corrected chi connectivity index (χ0v) is 17.0. The van der Waals surface area contributed by atoms with E-state index < -0.39 is 11.7 Å². The number of fused-ring (bicyclic) bond motifs is 1. The Morgan fingerprint density at radius 2 is 2.00 bits per heavy atom. The number of aryl methyl sites for hydroxylation is 1. The van der Waals surface area contributed by atoms with E-state index in [-0.39, 0.29) is 17.4 Å². The second-order valence-electron chi connectivity index (χ2n) is 6.32. The van der Waals surface area contributed by atoms with Crippen molar-refractivity contribution in [2.75, 3.05) is 12.9 Å². The third-order valence-electron chi connectivity index (χ3n) is 4.10. The maximum absolute atomic E-state index is 12.9. The average molecular weight is 433 g/mol. The van der Waals surface area contributed by atoms with E-state index in [1.807, 2.05) is 37.3 Å². The van der Waals surface area contributed by atoms with Crippen LogP contribution >= 0.6 is 11.8 Å². The number of carbonyl (C=O) groups is 1. The van der Waals surface area contributed by atoms with E-state index in [2.05, 4.69) is 15.5 Å². The van der Waals surface area contributed by atoms with Gasteiger partial charge in [-0.1, -0.05) is 24.3 Å². The highest BCUT2D eigenvalue weighted by molar-refractivity contribution is 8.00. The summed E-state index contributed by atoms with van der Waals surface area (Å²) in [6.07, 6.45) is -3.25. The Balaban J connectivity index is 1.62. The summed E-state index contributed by atoms with van der Waals surface area (Å²) in [5.74, 6) is -0.525. The van der Waals surface area contributed by atoms with Gasteiger partial charge in [0.05, 0.1) is 30.2 Å². The maximum Gasteiger partial charge on any atom is 0.419 e. The van der Waals surface area contributed by atoms with Gasteiger partial charge < -0.3 is 4.74 Å². The van der Waals surface area contributed by atoms with E-state index in [0.717, 1.165) is 34.7 Å². The SMILES string of the molecule is COc1cc(/C=N/NC(=O)CSc2cc(C)nc3ccccc23)ccc1C(F)(F)F. The van der Waals surface area contributed by atoms with Gasteiger partial charge in [0, 0.05) is 16.0 Å². The van der Waals surface area contributed by atoms with Gasteiger partial charge in [-0.25, -0.2) is 5.43 Å². The molecule has 0 saturated carbocycles. The molecule has 0 aliphatic rings. The molecule has 1 heterocycles. The van der Waals surface area contributed by atoms with Gasteiger partial charge in [0.15, 0.2) is 0 Å². The lowest BCUT2D eigenvalue weighted by atomic mass is 10.1. The molecule has 1 amide bonds. The first kappa shape index (κ1) is 21.6. The molecular weight excluding hydrogens is 415 g/mol. The summed E-state index contributed by atoms with van der Waals surface area (Å²) in [4.78, 5) is 17.5. The Labute approximate surface area is 175 Å². The number of thioether (sulfide) groups is 1. The van der Waals surface area contributed by atoms with Crippen molar-refractivity contribution in [3.05, 3.63) is 65.4 Å². The normalized spacial score (nSPS) is 11.8. The second kappa shape index (κ2) is 9.17. The van der Waals surface area contributed by atoms with Crippen LogP contribution in [0.25, 0.3) is 10.9 Å². The number of pyridine rings is 1. The number of ether oxygens (including phenoxy) is 1. The summed E-state index contributed by atoms with van der Waals surface area (Å²) in [6, 6.07) is 13.0. The summed E-state index contributed by atoms with van der Waals surface area (Å²) in [5, 5.41) is 4.77. The molecule has 0 aliphatic heterocycles. The summed E-state index contributed by atoms with van der Waals surface area (Å²) in [5.41, 5.74) is 3.58. The lowest BCUT2D eigenvalue weighted by Gasteiger charge is -2.12. The molecule has 3 rings (SSSR count). The van der Waals surface area contributed by atoms with Gasteiger partial charge in [-0.05, 0) is 36.8 Å². The quantitative estimate of drug-likeness (QED) is 0.344. The van der Waals surface area contributed by atoms with Gasteiger partial charge in [0.2, 0.25) is 5.91 Å². The first-order valence-corrected chi connectivity index (χ1v) is 9.83. The molecule has 1 aromatic heterocycles. The predicted molar refractivity (Wildman–Crippen MR) is 111 cm³/mol. The number of methoxy groups -OCH3 is 1. The summed E-state index contributed by atoms with van der Waals surface area (Å²) in [6.45, 7) is 1.89. The van der Waals surface area contributed by atoms with E-state index >= 15 is 0 Å². The van der Waals surface area contributed by atoms with Crippen LogP contribution in [-0.2, 0) is 11.0 Å². The largest absolute Gasteiger partial charge is 0.496 e. The van der Waals surface area contributed by atoms with Gasteiger partial charge in [0.1, 0.15) is 5.75 Å². The van der Waals surface area contributed by atoms with E-state index in [1.54, 1.807) is 0 Å². The number of hydrogen-bond donors (Lipinski definition) is 1. The summed E-state index contributed by atoms with van der Waals surface area (Å²) < 4.78 is 43.5. The molecule has 0 atom stereocenters. The predicted octanol–water partition coefficient (Wildman–Crippen LogP) is 4.81. The third-order valence-corrected chi connectivity index (χ3v) is 5.15. The molecule has 0 unspecified atom stereocenters. The Bertz CT molecular complexity index is 1100. The smallest absolute Gasteiger partial charge is 0.419 e. The molecule has 0 bridgehead atoms. The monoisotopic (exact) mass is 433 g/mol. The number of benzene rings is 2. The zero-order chi connectivity index (χ0) is 21.7. The van der Waals surface area contributed by atoms with Gasteiger partial charge in [-0.2, -0.15) is 18.3 Å².